The van der Waals surface area contributed by atoms with Gasteiger partial charge in [0.2, 0.25) is 0 Å². The highest BCUT2D eigenvalue weighted by Crippen LogP contribution is 2.28. The molecule has 2 rings (SSSR count). The van der Waals surface area contributed by atoms with E-state index < -0.39 is 0 Å². The molecule has 0 fully saturated rings. The van der Waals surface area contributed by atoms with Crippen molar-refractivity contribution in [2.45, 2.75) is 0 Å². The SMILES string of the molecule is COc1ccc(-c2cccc(F)c2)cc1N. The van der Waals surface area contributed by atoms with Crippen molar-refractivity contribution in [2.75, 3.05) is 12.8 Å². The summed E-state index contributed by atoms with van der Waals surface area (Å²) in [6.45, 7) is 0. The monoisotopic (exact) mass is 217 g/mol. The minimum Gasteiger partial charge on any atom is -0.495 e. The number of hydrogen-bond acceptors (Lipinski definition) is 2. The summed E-state index contributed by atoms with van der Waals surface area (Å²) in [7, 11) is 1.56. The summed E-state index contributed by atoms with van der Waals surface area (Å²) in [5, 5.41) is 0. The van der Waals surface area contributed by atoms with Crippen LogP contribution in [0.3, 0.4) is 0 Å². The number of rotatable bonds is 2. The van der Waals surface area contributed by atoms with Crippen LogP contribution in [-0.2, 0) is 0 Å². The Kier molecular flexibility index (Phi) is 2.77. The van der Waals surface area contributed by atoms with Crippen LogP contribution in [0.4, 0.5) is 10.1 Å². The first kappa shape index (κ1) is 10.5. The number of nitrogen functional groups attached to an aromatic ring is 1. The third-order valence-corrected chi connectivity index (χ3v) is 2.39. The van der Waals surface area contributed by atoms with E-state index >= 15 is 0 Å². The number of hydrogen-bond donors (Lipinski definition) is 1. The van der Waals surface area contributed by atoms with Crippen LogP contribution in [0.5, 0.6) is 5.75 Å². The highest BCUT2D eigenvalue weighted by molar-refractivity contribution is 5.70. The van der Waals surface area contributed by atoms with Gasteiger partial charge in [0.1, 0.15) is 11.6 Å². The molecular formula is C13H12FNO. The summed E-state index contributed by atoms with van der Waals surface area (Å²) in [6.07, 6.45) is 0. The van der Waals surface area contributed by atoms with Gasteiger partial charge in [-0.1, -0.05) is 18.2 Å². The Morgan fingerprint density at radius 3 is 2.44 bits per heavy atom. The van der Waals surface area contributed by atoms with E-state index in [2.05, 4.69) is 0 Å². The molecule has 0 saturated heterocycles. The number of halogens is 1. The Morgan fingerprint density at radius 1 is 1.06 bits per heavy atom. The first-order chi connectivity index (χ1) is 7.70. The summed E-state index contributed by atoms with van der Waals surface area (Å²) in [5.41, 5.74) is 8.01. The second kappa shape index (κ2) is 4.23. The van der Waals surface area contributed by atoms with Gasteiger partial charge in [-0.3, -0.25) is 0 Å². The Morgan fingerprint density at radius 2 is 1.81 bits per heavy atom. The number of benzene rings is 2. The first-order valence-corrected chi connectivity index (χ1v) is 4.90. The van der Waals surface area contributed by atoms with Gasteiger partial charge in [-0.15, -0.1) is 0 Å². The standard InChI is InChI=1S/C13H12FNO/c1-16-13-6-5-10(8-12(13)15)9-3-2-4-11(14)7-9/h2-8H,15H2,1H3. The third-order valence-electron chi connectivity index (χ3n) is 2.39. The van der Waals surface area contributed by atoms with Crippen LogP contribution in [0.25, 0.3) is 11.1 Å². The van der Waals surface area contributed by atoms with Gasteiger partial charge in [-0.25, -0.2) is 4.39 Å². The molecule has 0 aliphatic carbocycles. The van der Waals surface area contributed by atoms with E-state index in [-0.39, 0.29) is 5.82 Å². The van der Waals surface area contributed by atoms with Crippen LogP contribution in [0.1, 0.15) is 0 Å². The average molecular weight is 217 g/mol. The summed E-state index contributed by atoms with van der Waals surface area (Å²) < 4.78 is 18.1. The van der Waals surface area contributed by atoms with E-state index in [0.717, 1.165) is 11.1 Å². The second-order valence-electron chi connectivity index (χ2n) is 3.47. The molecule has 2 nitrogen and oxygen atoms in total. The van der Waals surface area contributed by atoms with E-state index in [1.54, 1.807) is 25.3 Å². The predicted octanol–water partition coefficient (Wildman–Crippen LogP) is 3.08. The summed E-state index contributed by atoms with van der Waals surface area (Å²) in [5.74, 6) is 0.368. The fraction of sp³-hybridized carbons (Fsp3) is 0.0769. The third kappa shape index (κ3) is 1.98. The molecule has 0 heterocycles. The van der Waals surface area contributed by atoms with Gasteiger partial charge in [-0.05, 0) is 35.4 Å². The molecular weight excluding hydrogens is 205 g/mol. The number of anilines is 1. The molecule has 0 saturated carbocycles. The minimum absolute atomic E-state index is 0.258. The van der Waals surface area contributed by atoms with Crippen LogP contribution in [0.15, 0.2) is 42.5 Å². The highest BCUT2D eigenvalue weighted by Gasteiger charge is 2.03. The number of ether oxygens (including phenoxy) is 1. The first-order valence-electron chi connectivity index (χ1n) is 4.90. The quantitative estimate of drug-likeness (QED) is 0.784. The minimum atomic E-state index is -0.258. The summed E-state index contributed by atoms with van der Waals surface area (Å²) in [6, 6.07) is 11.8. The Hall–Kier alpha value is -2.03. The van der Waals surface area contributed by atoms with Crippen LogP contribution >= 0.6 is 0 Å². The maximum absolute atomic E-state index is 13.0. The van der Waals surface area contributed by atoms with Crippen LogP contribution in [0, 0.1) is 5.82 Å². The van der Waals surface area contributed by atoms with Crippen LogP contribution < -0.4 is 10.5 Å². The zero-order valence-electron chi connectivity index (χ0n) is 8.91. The molecule has 0 unspecified atom stereocenters. The Balaban J connectivity index is 2.45. The van der Waals surface area contributed by atoms with E-state index in [1.807, 2.05) is 12.1 Å². The fourth-order valence-corrected chi connectivity index (χ4v) is 1.58. The lowest BCUT2D eigenvalue weighted by Crippen LogP contribution is -1.92. The molecule has 16 heavy (non-hydrogen) atoms. The van der Waals surface area contributed by atoms with Crippen molar-refractivity contribution in [3.05, 3.63) is 48.3 Å². The zero-order valence-corrected chi connectivity index (χ0v) is 8.91. The fourth-order valence-electron chi connectivity index (χ4n) is 1.58. The normalized spacial score (nSPS) is 10.1. The van der Waals surface area contributed by atoms with Crippen molar-refractivity contribution in [1.29, 1.82) is 0 Å². The average Bonchev–Trinajstić information content (AvgIpc) is 2.29. The number of methoxy groups -OCH3 is 1. The number of nitrogens with two attached hydrogens (primary N) is 1. The van der Waals surface area contributed by atoms with Gasteiger partial charge in [-0.2, -0.15) is 0 Å². The molecule has 0 bridgehead atoms. The van der Waals surface area contributed by atoms with Gasteiger partial charge < -0.3 is 10.5 Å². The zero-order chi connectivity index (χ0) is 11.5. The molecule has 82 valence electrons. The van der Waals surface area contributed by atoms with Crippen LogP contribution in [0.2, 0.25) is 0 Å². The Labute approximate surface area is 93.5 Å². The Bertz CT molecular complexity index is 511. The van der Waals surface area contributed by atoms with Crippen molar-refractivity contribution in [1.82, 2.24) is 0 Å². The predicted molar refractivity (Wildman–Crippen MR) is 62.8 cm³/mol. The second-order valence-corrected chi connectivity index (χ2v) is 3.47. The van der Waals surface area contributed by atoms with Gasteiger partial charge in [0.25, 0.3) is 0 Å². The molecule has 0 aromatic heterocycles. The van der Waals surface area contributed by atoms with Crippen molar-refractivity contribution < 1.29 is 9.13 Å². The molecule has 0 aliphatic heterocycles. The maximum Gasteiger partial charge on any atom is 0.141 e. The van der Waals surface area contributed by atoms with Crippen molar-refractivity contribution in [3.63, 3.8) is 0 Å². The maximum atomic E-state index is 13.0. The van der Waals surface area contributed by atoms with E-state index in [0.29, 0.717) is 11.4 Å². The van der Waals surface area contributed by atoms with Crippen molar-refractivity contribution in [3.8, 4) is 16.9 Å². The van der Waals surface area contributed by atoms with Gasteiger partial charge in [0, 0.05) is 0 Å². The van der Waals surface area contributed by atoms with Crippen LogP contribution in [-0.4, -0.2) is 7.11 Å². The largest absolute Gasteiger partial charge is 0.495 e. The van der Waals surface area contributed by atoms with Gasteiger partial charge in [0.05, 0.1) is 12.8 Å². The van der Waals surface area contributed by atoms with Gasteiger partial charge >= 0.3 is 0 Å². The molecule has 2 N–H and O–H groups in total. The smallest absolute Gasteiger partial charge is 0.141 e. The summed E-state index contributed by atoms with van der Waals surface area (Å²) in [4.78, 5) is 0. The topological polar surface area (TPSA) is 35.2 Å². The van der Waals surface area contributed by atoms with E-state index in [9.17, 15) is 4.39 Å². The van der Waals surface area contributed by atoms with E-state index in [4.69, 9.17) is 10.5 Å². The van der Waals surface area contributed by atoms with E-state index in [1.165, 1.54) is 12.1 Å². The summed E-state index contributed by atoms with van der Waals surface area (Å²) >= 11 is 0. The molecule has 2 aromatic rings. The molecule has 0 amide bonds. The molecule has 3 heteroatoms. The lowest BCUT2D eigenvalue weighted by molar-refractivity contribution is 0.417. The van der Waals surface area contributed by atoms with Gasteiger partial charge in [0.15, 0.2) is 0 Å². The molecule has 0 aliphatic rings. The lowest BCUT2D eigenvalue weighted by atomic mass is 10.0. The molecule has 0 radical (unpaired) electrons. The van der Waals surface area contributed by atoms with Crippen molar-refractivity contribution >= 4 is 5.69 Å². The molecule has 0 atom stereocenters. The molecule has 2 aromatic carbocycles. The highest BCUT2D eigenvalue weighted by atomic mass is 19.1. The lowest BCUT2D eigenvalue weighted by Gasteiger charge is -2.07. The molecule has 0 spiro atoms. The van der Waals surface area contributed by atoms with Crippen molar-refractivity contribution in [2.24, 2.45) is 0 Å².